The third-order valence-electron chi connectivity index (χ3n) is 2.37. The first-order chi connectivity index (χ1) is 9.08. The highest BCUT2D eigenvalue weighted by atomic mass is 35.5. The molecule has 2 amide bonds. The van der Waals surface area contributed by atoms with Crippen molar-refractivity contribution in [3.05, 3.63) is 28.8 Å². The van der Waals surface area contributed by atoms with Crippen molar-refractivity contribution in [2.45, 2.75) is 13.3 Å². The van der Waals surface area contributed by atoms with Crippen LogP contribution in [-0.4, -0.2) is 32.0 Å². The van der Waals surface area contributed by atoms with Crippen molar-refractivity contribution in [2.24, 2.45) is 0 Å². The lowest BCUT2D eigenvalue weighted by Gasteiger charge is -2.11. The number of amides is 2. The molecule has 0 radical (unpaired) electrons. The lowest BCUT2D eigenvalue weighted by molar-refractivity contribution is -0.115. The normalized spacial score (nSPS) is 9.55. The van der Waals surface area contributed by atoms with E-state index in [4.69, 9.17) is 11.6 Å². The van der Waals surface area contributed by atoms with Gasteiger partial charge < -0.3 is 16.0 Å². The van der Waals surface area contributed by atoms with Gasteiger partial charge in [-0.1, -0.05) is 18.5 Å². The fraction of sp³-hybridized carbons (Fsp3) is 0.385. The van der Waals surface area contributed by atoms with E-state index in [0.29, 0.717) is 22.8 Å². The van der Waals surface area contributed by atoms with Gasteiger partial charge in [0.05, 0.1) is 17.8 Å². The Bertz CT molecular complexity index is 467. The number of anilines is 1. The van der Waals surface area contributed by atoms with E-state index in [9.17, 15) is 9.59 Å². The first-order valence-corrected chi connectivity index (χ1v) is 6.48. The summed E-state index contributed by atoms with van der Waals surface area (Å²) in [4.78, 5) is 23.5. The van der Waals surface area contributed by atoms with Crippen LogP contribution >= 0.6 is 24.0 Å². The van der Waals surface area contributed by atoms with Gasteiger partial charge in [-0.15, -0.1) is 12.4 Å². The van der Waals surface area contributed by atoms with Crippen molar-refractivity contribution in [1.29, 1.82) is 0 Å². The van der Waals surface area contributed by atoms with Gasteiger partial charge >= 0.3 is 0 Å². The Morgan fingerprint density at radius 3 is 2.60 bits per heavy atom. The lowest BCUT2D eigenvalue weighted by atomic mass is 10.1. The molecule has 0 aliphatic heterocycles. The highest BCUT2D eigenvalue weighted by molar-refractivity contribution is 6.31. The second kappa shape index (κ2) is 9.58. The Morgan fingerprint density at radius 1 is 1.30 bits per heavy atom. The van der Waals surface area contributed by atoms with Crippen LogP contribution < -0.4 is 16.0 Å². The molecule has 0 aromatic heterocycles. The van der Waals surface area contributed by atoms with Gasteiger partial charge in [0.25, 0.3) is 5.91 Å². The van der Waals surface area contributed by atoms with Gasteiger partial charge in [-0.05, 0) is 31.7 Å². The fourth-order valence-corrected chi connectivity index (χ4v) is 1.68. The summed E-state index contributed by atoms with van der Waals surface area (Å²) in [5.41, 5.74) is 0.823. The molecule has 1 aromatic carbocycles. The molecule has 20 heavy (non-hydrogen) atoms. The lowest BCUT2D eigenvalue weighted by Crippen LogP contribution is -2.28. The molecule has 0 fully saturated rings. The van der Waals surface area contributed by atoms with E-state index in [2.05, 4.69) is 16.0 Å². The quantitative estimate of drug-likeness (QED) is 0.751. The predicted octanol–water partition coefficient (Wildman–Crippen LogP) is 2.06. The molecule has 0 aliphatic rings. The molecule has 0 aliphatic carbocycles. The molecule has 1 rings (SSSR count). The summed E-state index contributed by atoms with van der Waals surface area (Å²) >= 11 is 5.89. The van der Waals surface area contributed by atoms with E-state index >= 15 is 0 Å². The summed E-state index contributed by atoms with van der Waals surface area (Å²) < 4.78 is 0. The summed E-state index contributed by atoms with van der Waals surface area (Å²) in [6.45, 7) is 2.73. The third-order valence-corrected chi connectivity index (χ3v) is 2.61. The molecule has 112 valence electrons. The van der Waals surface area contributed by atoms with Gasteiger partial charge in [0, 0.05) is 11.6 Å². The molecular weight excluding hydrogens is 301 g/mol. The minimum atomic E-state index is -0.227. The zero-order chi connectivity index (χ0) is 14.3. The van der Waals surface area contributed by atoms with Crippen molar-refractivity contribution >= 4 is 41.5 Å². The summed E-state index contributed by atoms with van der Waals surface area (Å²) in [5.74, 6) is -0.451. The molecule has 1 aromatic rings. The SMILES string of the molecule is CCCNC(=O)c1ccc(Cl)cc1NC(=O)CNC.Cl. The van der Waals surface area contributed by atoms with Gasteiger partial charge in [0.1, 0.15) is 0 Å². The maximum absolute atomic E-state index is 12.0. The Kier molecular flexibility index (Phi) is 8.96. The number of carbonyl (C=O) groups is 2. The van der Waals surface area contributed by atoms with Crippen molar-refractivity contribution < 1.29 is 9.59 Å². The first-order valence-electron chi connectivity index (χ1n) is 6.10. The van der Waals surface area contributed by atoms with Gasteiger partial charge in [0.15, 0.2) is 0 Å². The molecule has 0 saturated heterocycles. The largest absolute Gasteiger partial charge is 0.352 e. The van der Waals surface area contributed by atoms with Crippen LogP contribution in [0.25, 0.3) is 0 Å². The maximum atomic E-state index is 12.0. The molecule has 0 bridgehead atoms. The highest BCUT2D eigenvalue weighted by Gasteiger charge is 2.13. The van der Waals surface area contributed by atoms with Crippen LogP contribution in [0.5, 0.6) is 0 Å². The maximum Gasteiger partial charge on any atom is 0.253 e. The molecule has 0 spiro atoms. The van der Waals surface area contributed by atoms with Crippen molar-refractivity contribution in [1.82, 2.24) is 10.6 Å². The van der Waals surface area contributed by atoms with Crippen LogP contribution in [0.1, 0.15) is 23.7 Å². The van der Waals surface area contributed by atoms with Gasteiger partial charge in [-0.25, -0.2) is 0 Å². The van der Waals surface area contributed by atoms with E-state index in [0.717, 1.165) is 6.42 Å². The van der Waals surface area contributed by atoms with Crippen molar-refractivity contribution in [3.8, 4) is 0 Å². The summed E-state index contributed by atoms with van der Waals surface area (Å²) in [6.07, 6.45) is 0.848. The van der Waals surface area contributed by atoms with Gasteiger partial charge in [0.2, 0.25) is 5.91 Å². The number of nitrogens with one attached hydrogen (secondary N) is 3. The minimum absolute atomic E-state index is 0. The molecule has 0 unspecified atom stereocenters. The Balaban J connectivity index is 0.00000361. The fourth-order valence-electron chi connectivity index (χ4n) is 1.51. The number of hydrogen-bond acceptors (Lipinski definition) is 3. The zero-order valence-electron chi connectivity index (χ0n) is 11.5. The molecule has 3 N–H and O–H groups in total. The van der Waals surface area contributed by atoms with E-state index in [1.165, 1.54) is 0 Å². The van der Waals surface area contributed by atoms with Crippen LogP contribution in [0.15, 0.2) is 18.2 Å². The van der Waals surface area contributed by atoms with Crippen molar-refractivity contribution in [3.63, 3.8) is 0 Å². The molecule has 0 heterocycles. The predicted molar refractivity (Wildman–Crippen MR) is 83.9 cm³/mol. The molecule has 5 nitrogen and oxygen atoms in total. The number of likely N-dealkylation sites (N-methyl/N-ethyl adjacent to an activating group) is 1. The van der Waals surface area contributed by atoms with E-state index in [-0.39, 0.29) is 30.8 Å². The summed E-state index contributed by atoms with van der Waals surface area (Å²) in [7, 11) is 1.67. The number of halogens is 2. The smallest absolute Gasteiger partial charge is 0.253 e. The van der Waals surface area contributed by atoms with Crippen molar-refractivity contribution in [2.75, 3.05) is 25.5 Å². The second-order valence-corrected chi connectivity index (χ2v) is 4.46. The monoisotopic (exact) mass is 319 g/mol. The zero-order valence-corrected chi connectivity index (χ0v) is 13.0. The Labute approximate surface area is 129 Å². The van der Waals surface area contributed by atoms with E-state index in [1.54, 1.807) is 25.2 Å². The molecule has 7 heteroatoms. The van der Waals surface area contributed by atoms with Crippen LogP contribution in [0.2, 0.25) is 5.02 Å². The molecule has 0 atom stereocenters. The molecular formula is C13H19Cl2N3O2. The second-order valence-electron chi connectivity index (χ2n) is 4.02. The van der Waals surface area contributed by atoms with Crippen LogP contribution in [-0.2, 0) is 4.79 Å². The number of benzene rings is 1. The molecule has 0 saturated carbocycles. The van der Waals surface area contributed by atoms with Crippen LogP contribution in [0.4, 0.5) is 5.69 Å². The standard InChI is InChI=1S/C13H18ClN3O2.ClH/c1-3-6-16-13(19)10-5-4-9(14)7-11(10)17-12(18)8-15-2;/h4-5,7,15H,3,6,8H2,1-2H3,(H,16,19)(H,17,18);1H. The van der Waals surface area contributed by atoms with E-state index in [1.807, 2.05) is 6.92 Å². The number of carbonyl (C=O) groups excluding carboxylic acids is 2. The van der Waals surface area contributed by atoms with Crippen LogP contribution in [0, 0.1) is 0 Å². The average Bonchev–Trinajstić information content (AvgIpc) is 2.36. The Hall–Kier alpha value is -1.30. The number of rotatable bonds is 6. The van der Waals surface area contributed by atoms with Gasteiger partial charge in [-0.2, -0.15) is 0 Å². The third kappa shape index (κ3) is 5.77. The Morgan fingerprint density at radius 2 is 2.00 bits per heavy atom. The highest BCUT2D eigenvalue weighted by Crippen LogP contribution is 2.21. The minimum Gasteiger partial charge on any atom is -0.352 e. The summed E-state index contributed by atoms with van der Waals surface area (Å²) in [5, 5.41) is 8.63. The van der Waals surface area contributed by atoms with Crippen LogP contribution in [0.3, 0.4) is 0 Å². The first kappa shape index (κ1) is 18.7. The van der Waals surface area contributed by atoms with E-state index < -0.39 is 0 Å². The number of hydrogen-bond donors (Lipinski definition) is 3. The average molecular weight is 320 g/mol. The topological polar surface area (TPSA) is 70.2 Å². The summed E-state index contributed by atoms with van der Waals surface area (Å²) in [6, 6.07) is 4.79. The van der Waals surface area contributed by atoms with Gasteiger partial charge in [-0.3, -0.25) is 9.59 Å².